The lowest BCUT2D eigenvalue weighted by molar-refractivity contribution is -0.385. The van der Waals surface area contributed by atoms with E-state index in [9.17, 15) is 14.9 Å². The number of hydrazone groups is 1. The number of nitro groups is 1. The van der Waals surface area contributed by atoms with Gasteiger partial charge in [0.2, 0.25) is 0 Å². The zero-order valence-electron chi connectivity index (χ0n) is 16.0. The van der Waals surface area contributed by atoms with Gasteiger partial charge in [0, 0.05) is 17.7 Å². The lowest BCUT2D eigenvalue weighted by Gasteiger charge is -2.10. The second-order valence-corrected chi connectivity index (χ2v) is 5.58. The van der Waals surface area contributed by atoms with Crippen molar-refractivity contribution in [3.8, 4) is 17.2 Å². The van der Waals surface area contributed by atoms with Gasteiger partial charge < -0.3 is 14.2 Å². The number of methoxy groups -OCH3 is 2. The summed E-state index contributed by atoms with van der Waals surface area (Å²) in [6, 6.07) is 9.26. The number of nitrogens with zero attached hydrogens (tertiary/aromatic N) is 2. The molecule has 2 aromatic carbocycles. The van der Waals surface area contributed by atoms with Crippen LogP contribution in [0.5, 0.6) is 17.2 Å². The van der Waals surface area contributed by atoms with Gasteiger partial charge in [0.25, 0.3) is 5.91 Å². The molecule has 0 atom stereocenters. The molecule has 9 heteroatoms. The van der Waals surface area contributed by atoms with Gasteiger partial charge in [-0.1, -0.05) is 0 Å². The highest BCUT2D eigenvalue weighted by Gasteiger charge is 2.17. The van der Waals surface area contributed by atoms with Crippen LogP contribution in [0.4, 0.5) is 5.69 Å². The van der Waals surface area contributed by atoms with E-state index in [1.54, 1.807) is 38.1 Å². The first-order valence-corrected chi connectivity index (χ1v) is 8.39. The van der Waals surface area contributed by atoms with Crippen molar-refractivity contribution < 1.29 is 23.9 Å². The Morgan fingerprint density at radius 1 is 1.14 bits per heavy atom. The van der Waals surface area contributed by atoms with Crippen molar-refractivity contribution in [1.29, 1.82) is 0 Å². The molecule has 0 unspecified atom stereocenters. The van der Waals surface area contributed by atoms with E-state index in [1.165, 1.54) is 26.4 Å². The van der Waals surface area contributed by atoms with Crippen LogP contribution in [-0.2, 0) is 0 Å². The Hall–Kier alpha value is -3.62. The number of nitro benzene ring substituents is 1. The molecule has 0 aromatic heterocycles. The van der Waals surface area contributed by atoms with E-state index in [4.69, 9.17) is 14.2 Å². The van der Waals surface area contributed by atoms with Crippen LogP contribution in [0.1, 0.15) is 29.8 Å². The predicted octanol–water partition coefficient (Wildman–Crippen LogP) is 3.16. The summed E-state index contributed by atoms with van der Waals surface area (Å²) in [6.45, 7) is 3.69. The number of ether oxygens (including phenoxy) is 3. The topological polar surface area (TPSA) is 112 Å². The second-order valence-electron chi connectivity index (χ2n) is 5.58. The van der Waals surface area contributed by atoms with Gasteiger partial charge in [-0.15, -0.1) is 0 Å². The van der Waals surface area contributed by atoms with Crippen molar-refractivity contribution in [2.75, 3.05) is 20.8 Å². The van der Waals surface area contributed by atoms with E-state index < -0.39 is 10.8 Å². The van der Waals surface area contributed by atoms with Crippen LogP contribution in [0.3, 0.4) is 0 Å². The molecule has 0 spiro atoms. The van der Waals surface area contributed by atoms with Gasteiger partial charge in [-0.2, -0.15) is 5.10 Å². The summed E-state index contributed by atoms with van der Waals surface area (Å²) in [4.78, 5) is 23.1. The quantitative estimate of drug-likeness (QED) is 0.423. The summed E-state index contributed by atoms with van der Waals surface area (Å²) >= 11 is 0. The summed E-state index contributed by atoms with van der Waals surface area (Å²) in [6.07, 6.45) is 0. The molecule has 2 rings (SSSR count). The Kier molecular flexibility index (Phi) is 6.91. The van der Waals surface area contributed by atoms with Crippen LogP contribution in [0.2, 0.25) is 0 Å². The van der Waals surface area contributed by atoms with Crippen LogP contribution < -0.4 is 19.6 Å². The third kappa shape index (κ3) is 4.76. The van der Waals surface area contributed by atoms with Gasteiger partial charge in [0.05, 0.1) is 37.0 Å². The van der Waals surface area contributed by atoms with E-state index >= 15 is 0 Å². The lowest BCUT2D eigenvalue weighted by Crippen LogP contribution is -2.20. The first-order chi connectivity index (χ1) is 13.4. The van der Waals surface area contributed by atoms with Crippen molar-refractivity contribution in [1.82, 2.24) is 5.43 Å². The Balaban J connectivity index is 2.23. The Bertz CT molecular complexity index is 911. The number of hydrogen-bond donors (Lipinski definition) is 1. The average Bonchev–Trinajstić information content (AvgIpc) is 2.71. The van der Waals surface area contributed by atoms with Gasteiger partial charge in [0.1, 0.15) is 11.5 Å². The number of carbonyl (C=O) groups excluding carboxylic acids is 1. The van der Waals surface area contributed by atoms with Crippen LogP contribution in [0, 0.1) is 10.1 Å². The number of carbonyl (C=O) groups is 1. The molecule has 0 saturated carbocycles. The third-order valence-electron chi connectivity index (χ3n) is 3.85. The number of amides is 1. The summed E-state index contributed by atoms with van der Waals surface area (Å²) in [5.41, 5.74) is 3.41. The summed E-state index contributed by atoms with van der Waals surface area (Å²) in [5, 5.41) is 15.3. The predicted molar refractivity (Wildman–Crippen MR) is 103 cm³/mol. The molecule has 2 aromatic rings. The summed E-state index contributed by atoms with van der Waals surface area (Å²) in [7, 11) is 2.96. The summed E-state index contributed by atoms with van der Waals surface area (Å²) in [5.74, 6) is 0.575. The van der Waals surface area contributed by atoms with Gasteiger partial charge in [-0.25, -0.2) is 5.43 Å². The van der Waals surface area contributed by atoms with Crippen molar-refractivity contribution in [3.05, 3.63) is 57.6 Å². The average molecular weight is 387 g/mol. The van der Waals surface area contributed by atoms with E-state index in [1.807, 2.05) is 0 Å². The molecule has 0 radical (unpaired) electrons. The molecule has 9 nitrogen and oxygen atoms in total. The fraction of sp³-hybridized carbons (Fsp3) is 0.263. The smallest absolute Gasteiger partial charge is 0.311 e. The maximum absolute atomic E-state index is 12.4. The monoisotopic (exact) mass is 387 g/mol. The van der Waals surface area contributed by atoms with E-state index in [0.717, 1.165) is 0 Å². The minimum absolute atomic E-state index is 0.169. The molecule has 0 bridgehead atoms. The molecule has 0 aliphatic rings. The van der Waals surface area contributed by atoms with Crippen LogP contribution >= 0.6 is 0 Å². The van der Waals surface area contributed by atoms with E-state index in [0.29, 0.717) is 29.4 Å². The molecule has 28 heavy (non-hydrogen) atoms. The first-order valence-electron chi connectivity index (χ1n) is 8.39. The molecular formula is C19H21N3O6. The highest BCUT2D eigenvalue weighted by atomic mass is 16.6. The Morgan fingerprint density at radius 2 is 1.89 bits per heavy atom. The maximum Gasteiger partial charge on any atom is 0.311 e. The Morgan fingerprint density at radius 3 is 2.50 bits per heavy atom. The van der Waals surface area contributed by atoms with Crippen molar-refractivity contribution in [3.63, 3.8) is 0 Å². The molecule has 1 N–H and O–H groups in total. The minimum atomic E-state index is -0.525. The Labute approximate surface area is 162 Å². The highest BCUT2D eigenvalue weighted by molar-refractivity contribution is 6.02. The standard InChI is InChI=1S/C19H21N3O6/c1-5-28-17-9-6-13(10-16(17)22(24)25)12(2)20-21-19(23)15-8-7-14(26-3)11-18(15)27-4/h6-11H,5H2,1-4H3,(H,21,23)/b20-12-. The summed E-state index contributed by atoms with van der Waals surface area (Å²) < 4.78 is 15.6. The minimum Gasteiger partial charge on any atom is -0.497 e. The SMILES string of the molecule is CCOc1ccc(/C(C)=N\NC(=O)c2ccc(OC)cc2OC)cc1[N+](=O)[O-]. The van der Waals surface area contributed by atoms with Gasteiger partial charge in [-0.3, -0.25) is 14.9 Å². The first kappa shape index (κ1) is 20.7. The third-order valence-corrected chi connectivity index (χ3v) is 3.85. The van der Waals surface area contributed by atoms with Gasteiger partial charge in [0.15, 0.2) is 5.75 Å². The van der Waals surface area contributed by atoms with E-state index in [2.05, 4.69) is 10.5 Å². The largest absolute Gasteiger partial charge is 0.497 e. The number of nitrogens with one attached hydrogen (secondary N) is 1. The zero-order chi connectivity index (χ0) is 20.7. The lowest BCUT2D eigenvalue weighted by atomic mass is 10.1. The van der Waals surface area contributed by atoms with Crippen LogP contribution in [-0.4, -0.2) is 37.4 Å². The van der Waals surface area contributed by atoms with E-state index in [-0.39, 0.29) is 17.0 Å². The molecule has 0 aliphatic heterocycles. The highest BCUT2D eigenvalue weighted by Crippen LogP contribution is 2.28. The number of benzene rings is 2. The molecule has 0 saturated heterocycles. The normalized spacial score (nSPS) is 10.9. The molecular weight excluding hydrogens is 366 g/mol. The van der Waals surface area contributed by atoms with Crippen molar-refractivity contribution in [2.45, 2.75) is 13.8 Å². The van der Waals surface area contributed by atoms with Crippen molar-refractivity contribution in [2.24, 2.45) is 5.10 Å². The maximum atomic E-state index is 12.4. The zero-order valence-corrected chi connectivity index (χ0v) is 16.0. The van der Waals surface area contributed by atoms with Crippen LogP contribution in [0.15, 0.2) is 41.5 Å². The van der Waals surface area contributed by atoms with Crippen LogP contribution in [0.25, 0.3) is 0 Å². The molecule has 148 valence electrons. The molecule has 0 aliphatic carbocycles. The fourth-order valence-electron chi connectivity index (χ4n) is 2.41. The number of rotatable bonds is 8. The van der Waals surface area contributed by atoms with Gasteiger partial charge in [-0.05, 0) is 38.1 Å². The number of hydrogen-bond acceptors (Lipinski definition) is 7. The fourth-order valence-corrected chi connectivity index (χ4v) is 2.41. The molecule has 1 amide bonds. The molecule has 0 fully saturated rings. The van der Waals surface area contributed by atoms with Crippen molar-refractivity contribution >= 4 is 17.3 Å². The van der Waals surface area contributed by atoms with Gasteiger partial charge >= 0.3 is 5.69 Å². The molecule has 0 heterocycles. The second kappa shape index (κ2) is 9.36.